The Morgan fingerprint density at radius 3 is 2.88 bits per heavy atom. The molecule has 0 atom stereocenters. The lowest BCUT2D eigenvalue weighted by Gasteiger charge is -2.38. The van der Waals surface area contributed by atoms with Gasteiger partial charge >= 0.3 is 0 Å². The number of nitrogens with one attached hydrogen (secondary N) is 1. The second kappa shape index (κ2) is 3.99. The van der Waals surface area contributed by atoms with E-state index in [1.165, 1.54) is 5.56 Å². The fourth-order valence-electron chi connectivity index (χ4n) is 2.36. The van der Waals surface area contributed by atoms with Gasteiger partial charge in [-0.3, -0.25) is 0 Å². The first-order valence-corrected chi connectivity index (χ1v) is 5.81. The van der Waals surface area contributed by atoms with Crippen LogP contribution in [0.5, 0.6) is 0 Å². The first kappa shape index (κ1) is 9.99. The van der Waals surface area contributed by atoms with Crippen LogP contribution in [-0.2, 0) is 12.8 Å². The number of β-amino-alcohol motifs (C(OH)–C–C–N with tert-alkyl or cyclic N) is 1. The van der Waals surface area contributed by atoms with Gasteiger partial charge in [0.1, 0.15) is 12.1 Å². The summed E-state index contributed by atoms with van der Waals surface area (Å²) in [6.45, 7) is 3.39. The Bertz CT molecular complexity index is 390. The molecule has 2 aliphatic rings. The number of hydrogen-bond donors (Lipinski definition) is 2. The molecule has 3 heterocycles. The molecule has 1 saturated heterocycles. The Hall–Kier alpha value is -1.20. The molecule has 5 nitrogen and oxygen atoms in total. The molecule has 1 aromatic heterocycles. The molecule has 0 unspecified atom stereocenters. The predicted molar refractivity (Wildman–Crippen MR) is 60.5 cm³/mol. The highest BCUT2D eigenvalue weighted by molar-refractivity contribution is 5.51. The van der Waals surface area contributed by atoms with Gasteiger partial charge in [-0.1, -0.05) is 0 Å². The summed E-state index contributed by atoms with van der Waals surface area (Å²) in [6, 6.07) is 0. The van der Waals surface area contributed by atoms with Crippen molar-refractivity contribution in [2.75, 3.05) is 31.1 Å². The zero-order valence-electron chi connectivity index (χ0n) is 9.19. The topological polar surface area (TPSA) is 61.3 Å². The summed E-state index contributed by atoms with van der Waals surface area (Å²) < 4.78 is 0. The molecule has 0 amide bonds. The third-order valence-corrected chi connectivity index (χ3v) is 3.26. The Kier molecular flexibility index (Phi) is 2.49. The Morgan fingerprint density at radius 2 is 2.06 bits per heavy atom. The largest absolute Gasteiger partial charge is 0.389 e. The number of aliphatic hydroxyl groups is 1. The summed E-state index contributed by atoms with van der Waals surface area (Å²) in [5.74, 6) is 1.03. The van der Waals surface area contributed by atoms with Gasteiger partial charge in [0.25, 0.3) is 0 Å². The van der Waals surface area contributed by atoms with Crippen molar-refractivity contribution in [3.05, 3.63) is 17.6 Å². The van der Waals surface area contributed by atoms with E-state index in [2.05, 4.69) is 20.2 Å². The molecule has 86 valence electrons. The zero-order valence-corrected chi connectivity index (χ0v) is 9.19. The van der Waals surface area contributed by atoms with E-state index in [1.54, 1.807) is 6.33 Å². The lowest BCUT2D eigenvalue weighted by atomic mass is 10.1. The van der Waals surface area contributed by atoms with Crippen LogP contribution in [0.3, 0.4) is 0 Å². The number of anilines is 1. The lowest BCUT2D eigenvalue weighted by Crippen LogP contribution is -2.51. The van der Waals surface area contributed by atoms with Crippen LogP contribution in [0.2, 0.25) is 0 Å². The number of fused-ring (bicyclic) bond motifs is 1. The summed E-state index contributed by atoms with van der Waals surface area (Å²) in [6.07, 6.45) is 3.42. The number of nitrogens with zero attached hydrogens (tertiary/aromatic N) is 3. The molecule has 2 aliphatic heterocycles. The first-order chi connectivity index (χ1) is 7.84. The van der Waals surface area contributed by atoms with Gasteiger partial charge in [0.2, 0.25) is 0 Å². The molecule has 3 rings (SSSR count). The van der Waals surface area contributed by atoms with Crippen molar-refractivity contribution in [1.82, 2.24) is 15.3 Å². The molecular formula is C11H16N4O. The highest BCUT2D eigenvalue weighted by Crippen LogP contribution is 2.25. The molecule has 0 bridgehead atoms. The molecule has 0 aliphatic carbocycles. The van der Waals surface area contributed by atoms with E-state index in [-0.39, 0.29) is 6.10 Å². The van der Waals surface area contributed by atoms with E-state index in [4.69, 9.17) is 0 Å². The molecule has 5 heteroatoms. The van der Waals surface area contributed by atoms with E-state index in [9.17, 15) is 5.11 Å². The van der Waals surface area contributed by atoms with Gasteiger partial charge in [-0.15, -0.1) is 0 Å². The maximum Gasteiger partial charge on any atom is 0.135 e. The van der Waals surface area contributed by atoms with Gasteiger partial charge in [-0.05, 0) is 13.0 Å². The Morgan fingerprint density at radius 1 is 1.25 bits per heavy atom. The summed E-state index contributed by atoms with van der Waals surface area (Å²) in [7, 11) is 0. The summed E-state index contributed by atoms with van der Waals surface area (Å²) >= 11 is 0. The maximum atomic E-state index is 9.34. The number of aliphatic hydroxyl groups excluding tert-OH is 1. The fraction of sp³-hybridized carbons (Fsp3) is 0.636. The van der Waals surface area contributed by atoms with Crippen molar-refractivity contribution in [2.24, 2.45) is 0 Å². The first-order valence-electron chi connectivity index (χ1n) is 5.81. The van der Waals surface area contributed by atoms with Crippen molar-refractivity contribution in [3.63, 3.8) is 0 Å². The van der Waals surface area contributed by atoms with Crippen LogP contribution in [-0.4, -0.2) is 47.4 Å². The van der Waals surface area contributed by atoms with E-state index in [1.807, 2.05) is 0 Å². The van der Waals surface area contributed by atoms with Crippen LogP contribution in [0.4, 0.5) is 5.82 Å². The van der Waals surface area contributed by atoms with Crippen molar-refractivity contribution < 1.29 is 5.11 Å². The normalized spacial score (nSPS) is 21.2. The smallest absolute Gasteiger partial charge is 0.135 e. The monoisotopic (exact) mass is 220 g/mol. The SMILES string of the molecule is OC1CN(c2ncnc3c2CCNCC3)C1. The van der Waals surface area contributed by atoms with E-state index in [0.717, 1.165) is 37.4 Å². The van der Waals surface area contributed by atoms with Crippen LogP contribution in [0.25, 0.3) is 0 Å². The number of rotatable bonds is 1. The second-order valence-electron chi connectivity index (χ2n) is 4.43. The van der Waals surface area contributed by atoms with E-state index < -0.39 is 0 Å². The van der Waals surface area contributed by atoms with Gasteiger partial charge < -0.3 is 15.3 Å². The lowest BCUT2D eigenvalue weighted by molar-refractivity contribution is 0.141. The highest BCUT2D eigenvalue weighted by atomic mass is 16.3. The third-order valence-electron chi connectivity index (χ3n) is 3.26. The molecule has 0 saturated carbocycles. The van der Waals surface area contributed by atoms with Gasteiger partial charge in [0.05, 0.1) is 11.8 Å². The molecule has 16 heavy (non-hydrogen) atoms. The molecule has 0 spiro atoms. The fourth-order valence-corrected chi connectivity index (χ4v) is 2.36. The van der Waals surface area contributed by atoms with Crippen LogP contribution >= 0.6 is 0 Å². The second-order valence-corrected chi connectivity index (χ2v) is 4.43. The molecule has 0 aromatic carbocycles. The summed E-state index contributed by atoms with van der Waals surface area (Å²) in [5, 5.41) is 12.7. The van der Waals surface area contributed by atoms with Crippen molar-refractivity contribution in [1.29, 1.82) is 0 Å². The minimum Gasteiger partial charge on any atom is -0.389 e. The van der Waals surface area contributed by atoms with Gasteiger partial charge in [0, 0.05) is 31.6 Å². The third kappa shape index (κ3) is 1.66. The minimum absolute atomic E-state index is 0.186. The zero-order chi connectivity index (χ0) is 11.0. The maximum absolute atomic E-state index is 9.34. The Labute approximate surface area is 94.5 Å². The quantitative estimate of drug-likeness (QED) is 0.658. The van der Waals surface area contributed by atoms with Crippen molar-refractivity contribution in [3.8, 4) is 0 Å². The van der Waals surface area contributed by atoms with Gasteiger partial charge in [0.15, 0.2) is 0 Å². The number of hydrogen-bond acceptors (Lipinski definition) is 5. The Balaban J connectivity index is 1.92. The summed E-state index contributed by atoms with van der Waals surface area (Å²) in [5.41, 5.74) is 2.43. The van der Waals surface area contributed by atoms with Gasteiger partial charge in [-0.2, -0.15) is 0 Å². The summed E-state index contributed by atoms with van der Waals surface area (Å²) in [4.78, 5) is 10.9. The van der Waals surface area contributed by atoms with Crippen molar-refractivity contribution >= 4 is 5.82 Å². The average Bonchev–Trinajstić information content (AvgIpc) is 2.49. The van der Waals surface area contributed by atoms with Crippen LogP contribution in [0.1, 0.15) is 11.3 Å². The molecule has 1 aromatic rings. The van der Waals surface area contributed by atoms with Crippen LogP contribution in [0.15, 0.2) is 6.33 Å². The van der Waals surface area contributed by atoms with Gasteiger partial charge in [-0.25, -0.2) is 9.97 Å². The van der Waals surface area contributed by atoms with Crippen LogP contribution in [0, 0.1) is 0 Å². The molecule has 2 N–H and O–H groups in total. The van der Waals surface area contributed by atoms with Crippen molar-refractivity contribution in [2.45, 2.75) is 18.9 Å². The van der Waals surface area contributed by atoms with E-state index >= 15 is 0 Å². The average molecular weight is 220 g/mol. The van der Waals surface area contributed by atoms with Crippen LogP contribution < -0.4 is 10.2 Å². The molecular weight excluding hydrogens is 204 g/mol. The molecule has 0 radical (unpaired) electrons. The molecule has 1 fully saturated rings. The van der Waals surface area contributed by atoms with E-state index in [0.29, 0.717) is 13.1 Å². The predicted octanol–water partition coefficient (Wildman–Crippen LogP) is -0.654. The highest BCUT2D eigenvalue weighted by Gasteiger charge is 2.28. The minimum atomic E-state index is -0.186. The standard InChI is InChI=1S/C11H16N4O/c16-8-5-15(6-8)11-9-1-3-12-4-2-10(9)13-7-14-11/h7-8,12,16H,1-6H2. The number of aromatic nitrogens is 2.